The normalized spacial score (nSPS) is 12.4. The Kier molecular flexibility index (Phi) is 51.8. The number of unbranched alkanes of at least 4 members (excludes halogenated alkanes) is 32. The third-order valence-electron chi connectivity index (χ3n) is 12.3. The van der Waals surface area contributed by atoms with Crippen LogP contribution in [0.3, 0.4) is 0 Å². The topological polar surface area (TPSA) is 78.9 Å². The minimum absolute atomic E-state index is 0.0713. The summed E-state index contributed by atoms with van der Waals surface area (Å²) in [5.41, 5.74) is 0. The Morgan fingerprint density at radius 2 is 0.600 bits per heavy atom. The summed E-state index contributed by atoms with van der Waals surface area (Å²) >= 11 is 0. The van der Waals surface area contributed by atoms with Crippen molar-refractivity contribution >= 4 is 17.9 Å². The highest BCUT2D eigenvalue weighted by molar-refractivity contribution is 5.71. The minimum Gasteiger partial charge on any atom is -0.462 e. The Hall–Kier alpha value is -2.63. The van der Waals surface area contributed by atoms with Crippen molar-refractivity contribution in [3.63, 3.8) is 0 Å². The predicted octanol–water partition coefficient (Wildman–Crippen LogP) is 18.7. The largest absolute Gasteiger partial charge is 0.462 e. The molecule has 0 saturated heterocycles. The van der Waals surface area contributed by atoms with E-state index in [9.17, 15) is 14.4 Å². The summed E-state index contributed by atoms with van der Waals surface area (Å²) < 4.78 is 16.8. The van der Waals surface area contributed by atoms with E-state index in [4.69, 9.17) is 14.2 Å². The summed E-state index contributed by atoms with van der Waals surface area (Å²) in [6.07, 6.45) is 65.6. The fraction of sp³-hybridized carbons (Fsp3) is 0.814. The molecule has 0 N–H and O–H groups in total. The van der Waals surface area contributed by atoms with Crippen LogP contribution in [0, 0.1) is 0 Å². The van der Waals surface area contributed by atoms with E-state index in [-0.39, 0.29) is 31.1 Å². The number of hydrogen-bond acceptors (Lipinski definition) is 6. The van der Waals surface area contributed by atoms with Gasteiger partial charge in [0, 0.05) is 19.3 Å². The summed E-state index contributed by atoms with van der Waals surface area (Å²) in [6.45, 7) is 6.50. The van der Waals surface area contributed by atoms with E-state index in [1.807, 2.05) is 0 Å². The lowest BCUT2D eigenvalue weighted by molar-refractivity contribution is -0.167. The maximum Gasteiger partial charge on any atom is 0.306 e. The van der Waals surface area contributed by atoms with Gasteiger partial charge in [-0.05, 0) is 57.8 Å². The second-order valence-corrected chi connectivity index (χ2v) is 18.8. The maximum atomic E-state index is 12.8. The smallest absolute Gasteiger partial charge is 0.306 e. The second kappa shape index (κ2) is 54.0. The first-order valence-corrected chi connectivity index (χ1v) is 28.1. The van der Waals surface area contributed by atoms with Crippen LogP contribution in [0.5, 0.6) is 0 Å². The summed E-state index contributed by atoms with van der Waals surface area (Å²) in [5, 5.41) is 0. The minimum atomic E-state index is -0.768. The molecule has 0 aromatic carbocycles. The van der Waals surface area contributed by atoms with Gasteiger partial charge < -0.3 is 14.2 Å². The molecule has 6 nitrogen and oxygen atoms in total. The van der Waals surface area contributed by atoms with Gasteiger partial charge in [-0.2, -0.15) is 0 Å². The van der Waals surface area contributed by atoms with Gasteiger partial charge in [0.05, 0.1) is 0 Å². The highest BCUT2D eigenvalue weighted by Gasteiger charge is 2.19. The molecule has 0 aliphatic carbocycles. The van der Waals surface area contributed by atoms with Gasteiger partial charge in [0.25, 0.3) is 0 Å². The average molecular weight is 911 g/mol. The number of esters is 3. The van der Waals surface area contributed by atoms with Gasteiger partial charge in [0.1, 0.15) is 13.2 Å². The van der Waals surface area contributed by atoms with Crippen molar-refractivity contribution in [1.82, 2.24) is 0 Å². The number of rotatable bonds is 51. The molecule has 6 heteroatoms. The summed E-state index contributed by atoms with van der Waals surface area (Å²) in [4.78, 5) is 37.9. The lowest BCUT2D eigenvalue weighted by Crippen LogP contribution is -2.30. The third kappa shape index (κ3) is 52.2. The van der Waals surface area contributed by atoms with E-state index >= 15 is 0 Å². The van der Waals surface area contributed by atoms with Gasteiger partial charge in [-0.1, -0.05) is 262 Å². The van der Waals surface area contributed by atoms with Gasteiger partial charge in [0.15, 0.2) is 6.10 Å². The molecule has 0 bridgehead atoms. The number of carbonyl (C=O) groups excluding carboxylic acids is 3. The molecule has 0 aliphatic rings. The molecule has 0 amide bonds. The molecule has 1 atom stereocenters. The fourth-order valence-electron chi connectivity index (χ4n) is 8.14. The highest BCUT2D eigenvalue weighted by Crippen LogP contribution is 2.16. The number of carbonyl (C=O) groups is 3. The molecule has 0 saturated carbocycles. The second-order valence-electron chi connectivity index (χ2n) is 18.8. The van der Waals surface area contributed by atoms with Crippen molar-refractivity contribution in [2.75, 3.05) is 13.2 Å². The molecule has 1 unspecified atom stereocenters. The molecule has 0 rings (SSSR count). The molecule has 0 spiro atoms. The van der Waals surface area contributed by atoms with Gasteiger partial charge in [-0.15, -0.1) is 0 Å². The van der Waals surface area contributed by atoms with Crippen LogP contribution in [0.2, 0.25) is 0 Å². The number of hydrogen-bond donors (Lipinski definition) is 0. The molecule has 378 valence electrons. The monoisotopic (exact) mass is 911 g/mol. The Morgan fingerprint density at radius 3 is 0.938 bits per heavy atom. The molecule has 0 heterocycles. The summed E-state index contributed by atoms with van der Waals surface area (Å²) in [5.74, 6) is -0.872. The molecule has 0 fully saturated rings. The van der Waals surface area contributed by atoms with Crippen molar-refractivity contribution in [3.05, 3.63) is 48.6 Å². The lowest BCUT2D eigenvalue weighted by atomic mass is 10.0. The van der Waals surface area contributed by atoms with E-state index in [0.717, 1.165) is 83.5 Å². The fourth-order valence-corrected chi connectivity index (χ4v) is 8.14. The lowest BCUT2D eigenvalue weighted by Gasteiger charge is -2.18. The van der Waals surface area contributed by atoms with Crippen LogP contribution in [0.4, 0.5) is 0 Å². The Balaban J connectivity index is 4.13. The Labute approximate surface area is 403 Å². The van der Waals surface area contributed by atoms with Gasteiger partial charge in [-0.25, -0.2) is 0 Å². The van der Waals surface area contributed by atoms with Crippen LogP contribution in [0.25, 0.3) is 0 Å². The maximum absolute atomic E-state index is 12.8. The quantitative estimate of drug-likeness (QED) is 0.0262. The summed E-state index contributed by atoms with van der Waals surface area (Å²) in [7, 11) is 0. The average Bonchev–Trinajstić information content (AvgIpc) is 3.30. The van der Waals surface area contributed by atoms with Crippen LogP contribution < -0.4 is 0 Å². The van der Waals surface area contributed by atoms with Gasteiger partial charge in [0.2, 0.25) is 0 Å². The van der Waals surface area contributed by atoms with E-state index in [2.05, 4.69) is 69.4 Å². The Bertz CT molecular complexity index is 1140. The zero-order chi connectivity index (χ0) is 47.2. The molecule has 65 heavy (non-hydrogen) atoms. The van der Waals surface area contributed by atoms with Crippen LogP contribution in [-0.4, -0.2) is 37.2 Å². The SMILES string of the molecule is CC/C=C\C/C=C\C/C=C\C/C=C\CCCCCCCCCCCCC(=O)OCC(COC(=O)CCCCCCCC)OC(=O)CCCCCCCCCCCCCCCCCCCC. The first-order valence-electron chi connectivity index (χ1n) is 28.1. The molecular weight excluding hydrogens is 805 g/mol. The number of ether oxygens (including phenoxy) is 3. The zero-order valence-electron chi connectivity index (χ0n) is 43.3. The third-order valence-corrected chi connectivity index (χ3v) is 12.3. The summed E-state index contributed by atoms with van der Waals surface area (Å²) in [6, 6.07) is 0. The van der Waals surface area contributed by atoms with Crippen molar-refractivity contribution < 1.29 is 28.6 Å². The predicted molar refractivity (Wildman–Crippen MR) is 279 cm³/mol. The van der Waals surface area contributed by atoms with Crippen molar-refractivity contribution in [2.24, 2.45) is 0 Å². The first kappa shape index (κ1) is 62.4. The molecule has 0 radical (unpaired) electrons. The zero-order valence-corrected chi connectivity index (χ0v) is 43.3. The molecule has 0 aromatic rings. The van der Waals surface area contributed by atoms with E-state index in [1.54, 1.807) is 0 Å². The van der Waals surface area contributed by atoms with Crippen molar-refractivity contribution in [2.45, 2.75) is 297 Å². The van der Waals surface area contributed by atoms with E-state index in [0.29, 0.717) is 19.3 Å². The van der Waals surface area contributed by atoms with Gasteiger partial charge >= 0.3 is 17.9 Å². The Morgan fingerprint density at radius 1 is 0.323 bits per heavy atom. The van der Waals surface area contributed by atoms with Crippen molar-refractivity contribution in [1.29, 1.82) is 0 Å². The molecular formula is C59H106O6. The van der Waals surface area contributed by atoms with E-state index < -0.39 is 6.10 Å². The van der Waals surface area contributed by atoms with Crippen molar-refractivity contribution in [3.8, 4) is 0 Å². The van der Waals surface area contributed by atoms with Crippen LogP contribution in [0.1, 0.15) is 290 Å². The van der Waals surface area contributed by atoms with Gasteiger partial charge in [-0.3, -0.25) is 14.4 Å². The molecule has 0 aromatic heterocycles. The van der Waals surface area contributed by atoms with Crippen LogP contribution in [0.15, 0.2) is 48.6 Å². The number of allylic oxidation sites excluding steroid dienone is 8. The van der Waals surface area contributed by atoms with E-state index in [1.165, 1.54) is 167 Å². The first-order chi connectivity index (χ1) is 32.0. The highest BCUT2D eigenvalue weighted by atomic mass is 16.6. The van der Waals surface area contributed by atoms with Crippen LogP contribution >= 0.6 is 0 Å². The standard InChI is InChI=1S/C59H106O6/c1-4-7-10-13-16-18-20-22-24-26-28-29-30-31-32-34-35-37-39-41-43-46-49-52-58(61)64-55-56(54-63-57(60)51-48-45-15-12-9-6-3)65-59(62)53-50-47-44-42-40-38-36-33-27-25-23-21-19-17-14-11-8-5-2/h7,10,16,18,22,24,28-29,56H,4-6,8-9,11-15,17,19-21,23,25-27,30-55H2,1-3H3/b10-7-,18-16-,24-22-,29-28-. The van der Waals surface area contributed by atoms with Crippen LogP contribution in [-0.2, 0) is 28.6 Å². The molecule has 0 aliphatic heterocycles.